The van der Waals surface area contributed by atoms with Crippen LogP contribution in [0, 0.1) is 11.2 Å². The minimum Gasteiger partial charge on any atom is -0.454 e. The van der Waals surface area contributed by atoms with Crippen molar-refractivity contribution in [2.24, 2.45) is 10.6 Å². The monoisotopic (exact) mass is 383 g/mol. The van der Waals surface area contributed by atoms with Gasteiger partial charge in [-0.3, -0.25) is 0 Å². The number of rotatable bonds is 11. The standard InChI is InChI=1S/C23H26FNO3/c1-4-15-27-25-14-8-13-23(2,3)18-26-17-19-11-12-21(24)22(16-19)28-20-9-6-5-7-10-20/h4-14,16H,1,15,17-18H2,2-3H3. The second kappa shape index (κ2) is 11.0. The Hall–Kier alpha value is -2.92. The van der Waals surface area contributed by atoms with Crippen LogP contribution in [0.5, 0.6) is 11.5 Å². The average molecular weight is 383 g/mol. The van der Waals surface area contributed by atoms with Gasteiger partial charge in [-0.15, -0.1) is 0 Å². The third-order valence-electron chi connectivity index (χ3n) is 3.67. The van der Waals surface area contributed by atoms with Gasteiger partial charge in [0.1, 0.15) is 12.4 Å². The third-order valence-corrected chi connectivity index (χ3v) is 3.67. The molecule has 5 heteroatoms. The van der Waals surface area contributed by atoms with Gasteiger partial charge in [0.15, 0.2) is 11.6 Å². The molecule has 4 nitrogen and oxygen atoms in total. The number of halogens is 1. The van der Waals surface area contributed by atoms with Gasteiger partial charge in [-0.1, -0.05) is 62.0 Å². The van der Waals surface area contributed by atoms with Crippen molar-refractivity contribution in [3.63, 3.8) is 0 Å². The Labute approximate surface area is 165 Å². The first-order chi connectivity index (χ1) is 13.5. The van der Waals surface area contributed by atoms with Crippen molar-refractivity contribution in [2.75, 3.05) is 13.2 Å². The van der Waals surface area contributed by atoms with Crippen LogP contribution in [-0.4, -0.2) is 19.4 Å². The molecule has 2 rings (SSSR count). The molecule has 0 amide bonds. The molecule has 28 heavy (non-hydrogen) atoms. The SMILES string of the molecule is C=CCON=CC=CC(C)(C)COCc1ccc(F)c(Oc2ccccc2)c1. The lowest BCUT2D eigenvalue weighted by molar-refractivity contribution is 0.0716. The van der Waals surface area contributed by atoms with Crippen molar-refractivity contribution >= 4 is 6.21 Å². The van der Waals surface area contributed by atoms with Crippen molar-refractivity contribution in [3.8, 4) is 11.5 Å². The third kappa shape index (κ3) is 7.76. The average Bonchev–Trinajstić information content (AvgIpc) is 2.68. The van der Waals surface area contributed by atoms with E-state index in [1.54, 1.807) is 36.6 Å². The van der Waals surface area contributed by atoms with Gasteiger partial charge in [0.05, 0.1) is 19.4 Å². The zero-order valence-corrected chi connectivity index (χ0v) is 16.3. The molecule has 0 aliphatic heterocycles. The topological polar surface area (TPSA) is 40.0 Å². The number of ether oxygens (including phenoxy) is 2. The summed E-state index contributed by atoms with van der Waals surface area (Å²) in [4.78, 5) is 4.93. The Bertz CT molecular complexity index is 801. The van der Waals surface area contributed by atoms with Crippen LogP contribution < -0.4 is 4.74 Å². The summed E-state index contributed by atoms with van der Waals surface area (Å²) in [6.45, 7) is 8.89. The lowest BCUT2D eigenvalue weighted by atomic mass is 9.94. The second-order valence-electron chi connectivity index (χ2n) is 6.86. The van der Waals surface area contributed by atoms with Crippen molar-refractivity contribution < 1.29 is 18.7 Å². The van der Waals surface area contributed by atoms with E-state index in [1.165, 1.54) is 6.07 Å². The predicted molar refractivity (Wildman–Crippen MR) is 110 cm³/mol. The number of hydrogen-bond acceptors (Lipinski definition) is 4. The van der Waals surface area contributed by atoms with Gasteiger partial charge in [0, 0.05) is 5.41 Å². The molecule has 2 aromatic carbocycles. The maximum absolute atomic E-state index is 14.0. The van der Waals surface area contributed by atoms with E-state index in [2.05, 4.69) is 25.6 Å². The maximum Gasteiger partial charge on any atom is 0.165 e. The maximum atomic E-state index is 14.0. The molecular formula is C23H26FNO3. The number of hydrogen-bond donors (Lipinski definition) is 0. The largest absolute Gasteiger partial charge is 0.454 e. The highest BCUT2D eigenvalue weighted by molar-refractivity contribution is 5.70. The van der Waals surface area contributed by atoms with Crippen LogP contribution in [-0.2, 0) is 16.2 Å². The molecule has 0 fully saturated rings. The molecular weight excluding hydrogens is 357 g/mol. The zero-order chi connectivity index (χ0) is 20.2. The van der Waals surface area contributed by atoms with Gasteiger partial charge in [0.2, 0.25) is 0 Å². The first kappa shape index (κ1) is 21.4. The molecule has 0 bridgehead atoms. The van der Waals surface area contributed by atoms with E-state index >= 15 is 0 Å². The summed E-state index contributed by atoms with van der Waals surface area (Å²) < 4.78 is 25.4. The van der Waals surface area contributed by atoms with Crippen molar-refractivity contribution in [1.82, 2.24) is 0 Å². The second-order valence-corrected chi connectivity index (χ2v) is 6.86. The predicted octanol–water partition coefficient (Wildman–Crippen LogP) is 5.91. The van der Waals surface area contributed by atoms with Crippen LogP contribution in [0.15, 0.2) is 78.5 Å². The van der Waals surface area contributed by atoms with Crippen LogP contribution in [0.3, 0.4) is 0 Å². The van der Waals surface area contributed by atoms with E-state index in [4.69, 9.17) is 14.3 Å². The highest BCUT2D eigenvalue weighted by Crippen LogP contribution is 2.26. The fourth-order valence-corrected chi connectivity index (χ4v) is 2.29. The Kier molecular flexibility index (Phi) is 8.43. The van der Waals surface area contributed by atoms with Crippen molar-refractivity contribution in [1.29, 1.82) is 0 Å². The van der Waals surface area contributed by atoms with Crippen molar-refractivity contribution in [3.05, 3.63) is 84.7 Å². The van der Waals surface area contributed by atoms with Crippen molar-refractivity contribution in [2.45, 2.75) is 20.5 Å². The molecule has 148 valence electrons. The molecule has 0 N–H and O–H groups in total. The highest BCUT2D eigenvalue weighted by atomic mass is 19.1. The van der Waals surface area contributed by atoms with E-state index in [1.807, 2.05) is 30.4 Å². The summed E-state index contributed by atoms with van der Waals surface area (Å²) in [5.41, 5.74) is 0.653. The van der Waals surface area contributed by atoms with Gasteiger partial charge in [-0.2, -0.15) is 0 Å². The molecule has 0 unspecified atom stereocenters. The van der Waals surface area contributed by atoms with Gasteiger partial charge in [0.25, 0.3) is 0 Å². The molecule has 0 aromatic heterocycles. The molecule has 0 radical (unpaired) electrons. The molecule has 0 spiro atoms. The summed E-state index contributed by atoms with van der Waals surface area (Å²) in [5, 5.41) is 3.77. The molecule has 0 saturated heterocycles. The van der Waals surface area contributed by atoms with Gasteiger partial charge in [-0.25, -0.2) is 4.39 Å². The number of nitrogens with zero attached hydrogens (tertiary/aromatic N) is 1. The van der Waals surface area contributed by atoms with E-state index in [0.29, 0.717) is 25.6 Å². The number of allylic oxidation sites excluding steroid dienone is 1. The summed E-state index contributed by atoms with van der Waals surface area (Å²) in [6, 6.07) is 13.9. The van der Waals surface area contributed by atoms with Crippen LogP contribution in [0.1, 0.15) is 19.4 Å². The Morgan fingerprint density at radius 3 is 2.68 bits per heavy atom. The fourth-order valence-electron chi connectivity index (χ4n) is 2.29. The van der Waals surface area contributed by atoms with Gasteiger partial charge in [-0.05, 0) is 35.9 Å². The molecule has 0 aliphatic carbocycles. The van der Waals surface area contributed by atoms with Crippen LogP contribution in [0.25, 0.3) is 0 Å². The Morgan fingerprint density at radius 2 is 1.93 bits per heavy atom. The number of benzene rings is 2. The number of oxime groups is 1. The highest BCUT2D eigenvalue weighted by Gasteiger charge is 2.14. The molecule has 2 aromatic rings. The normalized spacial score (nSPS) is 11.8. The molecule has 0 atom stereocenters. The Morgan fingerprint density at radius 1 is 1.14 bits per heavy atom. The minimum atomic E-state index is -0.408. The summed E-state index contributed by atoms with van der Waals surface area (Å²) in [6.07, 6.45) is 7.02. The van der Waals surface area contributed by atoms with Crippen LogP contribution in [0.4, 0.5) is 4.39 Å². The molecule has 0 saturated carbocycles. The quantitative estimate of drug-likeness (QED) is 0.210. The van der Waals surface area contributed by atoms with Gasteiger partial charge < -0.3 is 14.3 Å². The van der Waals surface area contributed by atoms with E-state index < -0.39 is 5.82 Å². The lowest BCUT2D eigenvalue weighted by Crippen LogP contribution is -2.16. The van der Waals surface area contributed by atoms with E-state index in [0.717, 1.165) is 5.56 Å². The zero-order valence-electron chi connectivity index (χ0n) is 16.3. The van der Waals surface area contributed by atoms with E-state index in [9.17, 15) is 4.39 Å². The fraction of sp³-hybridized carbons (Fsp3) is 0.261. The summed E-state index contributed by atoms with van der Waals surface area (Å²) in [7, 11) is 0. The molecule has 0 aliphatic rings. The smallest absolute Gasteiger partial charge is 0.165 e. The lowest BCUT2D eigenvalue weighted by Gasteiger charge is -2.20. The Balaban J connectivity index is 1.86. The minimum absolute atomic E-state index is 0.183. The first-order valence-electron chi connectivity index (χ1n) is 9.03. The number of para-hydroxylation sites is 1. The van der Waals surface area contributed by atoms with Gasteiger partial charge >= 0.3 is 0 Å². The van der Waals surface area contributed by atoms with Crippen LogP contribution >= 0.6 is 0 Å². The molecule has 0 heterocycles. The summed E-state index contributed by atoms with van der Waals surface area (Å²) in [5.74, 6) is 0.362. The summed E-state index contributed by atoms with van der Waals surface area (Å²) >= 11 is 0. The van der Waals surface area contributed by atoms with Crippen LogP contribution in [0.2, 0.25) is 0 Å². The first-order valence-corrected chi connectivity index (χ1v) is 9.03. The van der Waals surface area contributed by atoms with E-state index in [-0.39, 0.29) is 11.2 Å².